The fraction of sp³-hybridized carbons (Fsp3) is 0.903. The number of carbonyl (C=O) groups is 5. The lowest BCUT2D eigenvalue weighted by Crippen LogP contribution is -2.66. The molecule has 0 aromatic rings. The molecule has 4 unspecified atom stereocenters. The summed E-state index contributed by atoms with van der Waals surface area (Å²) in [6.45, 7) is 34.2. The van der Waals surface area contributed by atoms with Crippen molar-refractivity contribution in [2.45, 2.75) is 718 Å². The van der Waals surface area contributed by atoms with E-state index in [1.807, 2.05) is 24.3 Å². The van der Waals surface area contributed by atoms with Crippen molar-refractivity contribution in [3.05, 3.63) is 46.6 Å². The van der Waals surface area contributed by atoms with Crippen LogP contribution in [0.1, 0.15) is 657 Å². The van der Waals surface area contributed by atoms with Crippen LogP contribution in [0, 0.1) is 47.3 Å². The van der Waals surface area contributed by atoms with E-state index >= 15 is 9.59 Å². The van der Waals surface area contributed by atoms with Gasteiger partial charge in [-0.25, -0.2) is 19.2 Å². The second kappa shape index (κ2) is 98.2. The fourth-order valence-electron chi connectivity index (χ4n) is 23.4. The monoisotopic (exact) mass is 2110 g/mol. The normalized spacial score (nSPS) is 20.1. The van der Waals surface area contributed by atoms with Gasteiger partial charge in [0.1, 0.15) is 31.0 Å². The number of esters is 5. The molecule has 3 N–H and O–H groups in total. The van der Waals surface area contributed by atoms with E-state index in [4.69, 9.17) is 37.9 Å². The van der Waals surface area contributed by atoms with Crippen LogP contribution in [0.4, 0.5) is 0 Å². The van der Waals surface area contributed by atoms with Gasteiger partial charge in [-0.2, -0.15) is 0 Å². The first-order valence-electron chi connectivity index (χ1n) is 65.4. The molecule has 0 aromatic heterocycles. The highest BCUT2D eigenvalue weighted by molar-refractivity contribution is 5.89. The molecule has 150 heavy (non-hydrogen) atoms. The Labute approximate surface area is 927 Å². The second-order valence-corrected chi connectivity index (χ2v) is 48.9. The summed E-state index contributed by atoms with van der Waals surface area (Å²) in [6, 6.07) is 0. The molecule has 16 heteroatoms. The Morgan fingerprint density at radius 2 is 0.453 bits per heavy atom. The molecule has 0 radical (unpaired) electrons. The van der Waals surface area contributed by atoms with Crippen molar-refractivity contribution >= 4 is 29.8 Å². The van der Waals surface area contributed by atoms with Gasteiger partial charge < -0.3 is 53.2 Å². The van der Waals surface area contributed by atoms with Gasteiger partial charge in [-0.1, -0.05) is 615 Å². The van der Waals surface area contributed by atoms with Gasteiger partial charge in [0, 0.05) is 28.7 Å². The quantitative estimate of drug-likeness (QED) is 0.0223. The first-order chi connectivity index (χ1) is 72.7. The summed E-state index contributed by atoms with van der Waals surface area (Å²) in [5.41, 5.74) is 1.18. The summed E-state index contributed by atoms with van der Waals surface area (Å²) < 4.78 is 52.3. The number of allylic oxidation sites excluding steroid dienone is 4. The van der Waals surface area contributed by atoms with Crippen molar-refractivity contribution in [2.75, 3.05) is 13.2 Å². The Kier molecular flexibility index (Phi) is 93.1. The summed E-state index contributed by atoms with van der Waals surface area (Å²) in [6.07, 6.45) is 93.8. The highest BCUT2D eigenvalue weighted by Gasteiger charge is 2.56. The van der Waals surface area contributed by atoms with E-state index in [1.165, 1.54) is 424 Å². The molecule has 2 fully saturated rings. The van der Waals surface area contributed by atoms with Crippen LogP contribution >= 0.6 is 0 Å². The Morgan fingerprint density at radius 1 is 0.247 bits per heavy atom. The van der Waals surface area contributed by atoms with Crippen LogP contribution in [-0.4, -0.2) is 120 Å². The van der Waals surface area contributed by atoms with Gasteiger partial charge in [0.05, 0.1) is 6.61 Å². The molecule has 18 atom stereocenters. The maximum absolute atomic E-state index is 15.1. The Hall–Kier alpha value is -3.93. The summed E-state index contributed by atoms with van der Waals surface area (Å²) in [5, 5.41) is 37.6. The molecule has 2 rings (SSSR count). The summed E-state index contributed by atoms with van der Waals surface area (Å²) in [4.78, 5) is 74.2. The Morgan fingerprint density at radius 3 is 0.700 bits per heavy atom. The molecular weight excluding hydrogens is 1870 g/mol. The number of unbranched alkanes of at least 4 members (excludes halogenated alkanes) is 70. The van der Waals surface area contributed by atoms with E-state index in [0.717, 1.165) is 103 Å². The van der Waals surface area contributed by atoms with Crippen molar-refractivity contribution in [3.8, 4) is 0 Å². The molecule has 0 saturated carbocycles. The SMILES string of the molecule is CCCCCCCCCCCCCCCCCCC[C@H](C)C[C@H](C)/C=C(\C)C(=O)OCC1O[C@H](O[C@H]2OC(CO)[C@@H](OC(=O)/C(C)=C/[C@@H](C)C[C@@H](C)CCCCCCCCCCCCCCCCCCC)C(O)[C@@H]2OC(=O)/C(C)=C/[C@@H](C)C[C@@H](C)CCCCCCCCCCCCCCCC)[C@H](OC(=O)CCCCCCCCCCCCCCC)C(OC(=O)/C(C)=C/[C@@H](C)C[C@@H](C)CCCCCCCCCCCCCCCC)[C@@H]1O. The van der Waals surface area contributed by atoms with Crippen molar-refractivity contribution < 1.29 is 77.2 Å². The summed E-state index contributed by atoms with van der Waals surface area (Å²) >= 11 is 0. The van der Waals surface area contributed by atoms with Gasteiger partial charge in [0.25, 0.3) is 0 Å². The molecule has 2 saturated heterocycles. The van der Waals surface area contributed by atoms with Crippen molar-refractivity contribution in [1.82, 2.24) is 0 Å². The highest BCUT2D eigenvalue weighted by Crippen LogP contribution is 2.38. The molecule has 0 spiro atoms. The van der Waals surface area contributed by atoms with Crippen LogP contribution < -0.4 is 0 Å². The minimum Gasteiger partial charge on any atom is -0.459 e. The third-order valence-corrected chi connectivity index (χ3v) is 32.8. The topological polar surface area (TPSA) is 220 Å². The fourth-order valence-corrected chi connectivity index (χ4v) is 23.4. The molecule has 0 bridgehead atoms. The number of ether oxygens (including phenoxy) is 8. The van der Waals surface area contributed by atoms with Gasteiger partial charge >= 0.3 is 29.8 Å². The van der Waals surface area contributed by atoms with Crippen LogP contribution in [0.25, 0.3) is 0 Å². The van der Waals surface area contributed by atoms with Crippen LogP contribution in [0.5, 0.6) is 0 Å². The van der Waals surface area contributed by atoms with E-state index in [1.54, 1.807) is 27.7 Å². The predicted molar refractivity (Wildman–Crippen MR) is 633 cm³/mol. The molecule has 880 valence electrons. The number of aliphatic hydroxyl groups excluding tert-OH is 3. The lowest BCUT2D eigenvalue weighted by molar-refractivity contribution is -0.377. The molecule has 2 heterocycles. The zero-order chi connectivity index (χ0) is 110. The molecule has 0 aromatic carbocycles. The molecule has 0 aliphatic carbocycles. The molecule has 2 aliphatic heterocycles. The van der Waals surface area contributed by atoms with E-state index < -0.39 is 104 Å². The van der Waals surface area contributed by atoms with Crippen molar-refractivity contribution in [1.29, 1.82) is 0 Å². The second-order valence-electron chi connectivity index (χ2n) is 48.9. The Balaban J connectivity index is 2.68. The van der Waals surface area contributed by atoms with Gasteiger partial charge in [0.15, 0.2) is 24.4 Å². The number of aliphatic hydroxyl groups is 3. The van der Waals surface area contributed by atoms with Crippen LogP contribution in [0.3, 0.4) is 0 Å². The average Bonchev–Trinajstić information content (AvgIpc) is 0.768. The van der Waals surface area contributed by atoms with E-state index in [2.05, 4.69) is 90.0 Å². The van der Waals surface area contributed by atoms with E-state index in [9.17, 15) is 29.7 Å². The Bertz CT molecular complexity index is 3270. The third-order valence-electron chi connectivity index (χ3n) is 32.8. The van der Waals surface area contributed by atoms with Gasteiger partial charge in [-0.15, -0.1) is 0 Å². The van der Waals surface area contributed by atoms with Crippen LogP contribution in [0.2, 0.25) is 0 Å². The molecule has 16 nitrogen and oxygen atoms in total. The lowest BCUT2D eigenvalue weighted by Gasteiger charge is -2.47. The lowest BCUT2D eigenvalue weighted by atomic mass is 9.91. The largest absolute Gasteiger partial charge is 0.459 e. The average molecular weight is 2120 g/mol. The van der Waals surface area contributed by atoms with Gasteiger partial charge in [0.2, 0.25) is 12.6 Å². The maximum Gasteiger partial charge on any atom is 0.333 e. The summed E-state index contributed by atoms with van der Waals surface area (Å²) in [5.74, 6) is -2.17. The minimum atomic E-state index is -1.92. The van der Waals surface area contributed by atoms with Crippen molar-refractivity contribution in [3.63, 3.8) is 0 Å². The van der Waals surface area contributed by atoms with Gasteiger partial charge in [-0.3, -0.25) is 4.79 Å². The van der Waals surface area contributed by atoms with Crippen LogP contribution in [0.15, 0.2) is 46.6 Å². The minimum absolute atomic E-state index is 0.00190. The van der Waals surface area contributed by atoms with Crippen LogP contribution in [-0.2, 0) is 61.9 Å². The number of hydrogen-bond acceptors (Lipinski definition) is 16. The standard InChI is InChI=1S/C134H248O16/c1-18-23-28-33-38-43-48-53-57-59-61-66-70-75-78-83-88-93-108(6)98-112(10)102-116(14)129(139)143-107-121-123(137)126(148-131(141)118(16)104-114(12)100-110(8)95-90-85-79-73-68-64-55-50-45-40-35-30-25-20-3)128(146-122(136)97-92-87-82-77-72-63-52-47-42-37-32-27-22-5)134(145-121)150-133-127(149-132(142)119(17)105-115(13)101-111(9)96-91-86-80-74-69-65-56-51-46-41-36-31-26-21-4)124(138)125(120(106-135)144-133)147-130(140)117(15)103-113(11)99-109(7)94-89-84-81-76-71-67-62-60-58-54-49-44-39-34-29-24-19-2/h102-105,108-115,120-121,123-128,133-135,137-138H,18-101,106-107H2,1-17H3/b116-102+,117-103+,118-104+,119-105+/t108-,109-,110-,111-,112-,113-,114-,115-,120?,121?,123+,124?,125+,126?,127-,128+,133+,134+/m0/s1. The zero-order valence-corrected chi connectivity index (χ0v) is 102. The van der Waals surface area contributed by atoms with Gasteiger partial charge in [-0.05, 0) is 107 Å². The number of carbonyl (C=O) groups excluding carboxylic acids is 5. The number of hydrogen-bond donors (Lipinski definition) is 3. The number of rotatable bonds is 105. The first kappa shape index (κ1) is 142. The maximum atomic E-state index is 15.1. The van der Waals surface area contributed by atoms with Crippen molar-refractivity contribution in [2.24, 2.45) is 47.3 Å². The first-order valence-corrected chi connectivity index (χ1v) is 65.4. The molecular formula is C134H248O16. The predicted octanol–water partition coefficient (Wildman–Crippen LogP) is 39.1. The molecule has 0 amide bonds. The van der Waals surface area contributed by atoms with E-state index in [-0.39, 0.29) is 41.2 Å². The zero-order valence-electron chi connectivity index (χ0n) is 102. The highest BCUT2D eigenvalue weighted by atomic mass is 16.8. The molecule has 2 aliphatic rings. The van der Waals surface area contributed by atoms with E-state index in [0.29, 0.717) is 41.2 Å². The smallest absolute Gasteiger partial charge is 0.333 e. The third kappa shape index (κ3) is 76.7. The summed E-state index contributed by atoms with van der Waals surface area (Å²) in [7, 11) is 0.